The fourth-order valence-corrected chi connectivity index (χ4v) is 2.02. The Labute approximate surface area is 64.3 Å². The molecule has 2 nitrogen and oxygen atoms in total. The van der Waals surface area contributed by atoms with E-state index in [1.807, 2.05) is 19.1 Å². The monoisotopic (exact) mass is 199 g/mol. The molecule has 3 heteroatoms. The summed E-state index contributed by atoms with van der Waals surface area (Å²) in [5, 5.41) is 0. The Bertz CT molecular complexity index is 258. The van der Waals surface area contributed by atoms with Gasteiger partial charge < -0.3 is 0 Å². The van der Waals surface area contributed by atoms with Crippen molar-refractivity contribution in [2.75, 3.05) is 0 Å². The summed E-state index contributed by atoms with van der Waals surface area (Å²) in [6.45, 7) is 1.84. The second-order valence-electron chi connectivity index (χ2n) is 2.06. The van der Waals surface area contributed by atoms with Crippen LogP contribution in [0.3, 0.4) is 0 Å². The number of hydrogen-bond acceptors (Lipinski definition) is 1. The standard InChI is InChI=1S/C7H8AsO2/c1-6-4-2-3-5-7(6)8(9)10/h2-5H,1H3,(H,9,10). The normalized spacial score (nSPS) is 11.2. The van der Waals surface area contributed by atoms with E-state index in [9.17, 15) is 3.74 Å². The van der Waals surface area contributed by atoms with E-state index in [0.717, 1.165) is 5.56 Å². The number of aryl methyl sites for hydroxylation is 1. The van der Waals surface area contributed by atoms with Crippen molar-refractivity contribution in [3.05, 3.63) is 29.8 Å². The fraction of sp³-hybridized carbons (Fsp3) is 0.143. The Morgan fingerprint density at radius 2 is 2.00 bits per heavy atom. The van der Waals surface area contributed by atoms with Crippen LogP contribution in [0.15, 0.2) is 24.3 Å². The second kappa shape index (κ2) is 3.09. The van der Waals surface area contributed by atoms with E-state index in [0.29, 0.717) is 4.35 Å². The van der Waals surface area contributed by atoms with Gasteiger partial charge in [0, 0.05) is 0 Å². The van der Waals surface area contributed by atoms with E-state index < -0.39 is 14.9 Å². The van der Waals surface area contributed by atoms with Crippen LogP contribution in [0.5, 0.6) is 0 Å². The zero-order valence-corrected chi connectivity index (χ0v) is 7.49. The molecule has 1 aromatic rings. The Morgan fingerprint density at radius 1 is 1.40 bits per heavy atom. The van der Waals surface area contributed by atoms with E-state index in [1.165, 1.54) is 0 Å². The van der Waals surface area contributed by atoms with Gasteiger partial charge in [-0.05, 0) is 0 Å². The molecule has 1 N–H and O–H groups in total. The predicted octanol–water partition coefficient (Wildman–Crippen LogP) is 0.113. The van der Waals surface area contributed by atoms with Gasteiger partial charge in [-0.1, -0.05) is 0 Å². The molecule has 0 aromatic heterocycles. The van der Waals surface area contributed by atoms with Crippen LogP contribution in [0.2, 0.25) is 0 Å². The molecular formula is C7H8AsO2. The molecule has 10 heavy (non-hydrogen) atoms. The zero-order valence-electron chi connectivity index (χ0n) is 5.61. The van der Waals surface area contributed by atoms with E-state index in [2.05, 4.69) is 0 Å². The summed E-state index contributed by atoms with van der Waals surface area (Å²) in [6, 6.07) is 7.17. The minimum atomic E-state index is -2.88. The Balaban J connectivity index is 3.15. The molecule has 0 aliphatic heterocycles. The third kappa shape index (κ3) is 1.52. The molecule has 0 saturated carbocycles. The zero-order chi connectivity index (χ0) is 7.56. The molecule has 1 atom stereocenters. The van der Waals surface area contributed by atoms with Gasteiger partial charge in [-0.25, -0.2) is 0 Å². The van der Waals surface area contributed by atoms with Gasteiger partial charge in [0.05, 0.1) is 0 Å². The van der Waals surface area contributed by atoms with Gasteiger partial charge >= 0.3 is 63.9 Å². The number of rotatable bonds is 1. The summed E-state index contributed by atoms with van der Waals surface area (Å²) in [4.78, 5) is 0. The van der Waals surface area contributed by atoms with Gasteiger partial charge in [0.1, 0.15) is 0 Å². The Kier molecular flexibility index (Phi) is 2.36. The van der Waals surface area contributed by atoms with Crippen LogP contribution in [0, 0.1) is 6.92 Å². The topological polar surface area (TPSA) is 37.3 Å². The van der Waals surface area contributed by atoms with E-state index in [4.69, 9.17) is 4.10 Å². The van der Waals surface area contributed by atoms with Crippen LogP contribution in [0.25, 0.3) is 0 Å². The molecule has 0 heterocycles. The average molecular weight is 199 g/mol. The van der Waals surface area contributed by atoms with Crippen LogP contribution < -0.4 is 4.35 Å². The van der Waals surface area contributed by atoms with Gasteiger partial charge in [0.2, 0.25) is 0 Å². The van der Waals surface area contributed by atoms with Crippen molar-refractivity contribution in [3.8, 4) is 0 Å². The predicted molar refractivity (Wildman–Crippen MR) is 39.5 cm³/mol. The molecular weight excluding hydrogens is 191 g/mol. The number of benzene rings is 1. The van der Waals surface area contributed by atoms with Gasteiger partial charge in [-0.15, -0.1) is 0 Å². The third-order valence-electron chi connectivity index (χ3n) is 1.32. The van der Waals surface area contributed by atoms with Crippen LogP contribution in [-0.4, -0.2) is 19.0 Å². The molecule has 0 spiro atoms. The fourth-order valence-electron chi connectivity index (χ4n) is 0.778. The van der Waals surface area contributed by atoms with Gasteiger partial charge in [-0.2, -0.15) is 0 Å². The van der Waals surface area contributed by atoms with Crippen molar-refractivity contribution < 1.29 is 7.84 Å². The van der Waals surface area contributed by atoms with E-state index in [1.54, 1.807) is 12.1 Å². The van der Waals surface area contributed by atoms with Crippen LogP contribution >= 0.6 is 0 Å². The molecule has 1 aromatic carbocycles. The first-order valence-electron chi connectivity index (χ1n) is 2.93. The number of hydrogen-bond donors (Lipinski definition) is 1. The first kappa shape index (κ1) is 7.64. The molecule has 1 unspecified atom stereocenters. The maximum atomic E-state index is 10.7. The molecule has 1 rings (SSSR count). The minimum absolute atomic E-state index is 0.606. The Hall–Kier alpha value is -0.462. The first-order chi connectivity index (χ1) is 4.72. The van der Waals surface area contributed by atoms with Gasteiger partial charge in [0.25, 0.3) is 0 Å². The molecule has 0 aliphatic carbocycles. The second-order valence-corrected chi connectivity index (χ2v) is 4.22. The summed E-state index contributed by atoms with van der Waals surface area (Å²) in [6.07, 6.45) is 0. The summed E-state index contributed by atoms with van der Waals surface area (Å²) >= 11 is -2.88. The molecule has 0 bridgehead atoms. The van der Waals surface area contributed by atoms with Crippen molar-refractivity contribution in [2.24, 2.45) is 0 Å². The van der Waals surface area contributed by atoms with Crippen molar-refractivity contribution in [1.82, 2.24) is 0 Å². The summed E-state index contributed by atoms with van der Waals surface area (Å²) in [7, 11) is 0. The Morgan fingerprint density at radius 3 is 2.40 bits per heavy atom. The molecule has 0 saturated heterocycles. The summed E-state index contributed by atoms with van der Waals surface area (Å²) in [5.74, 6) is 0. The molecule has 0 amide bonds. The van der Waals surface area contributed by atoms with Crippen molar-refractivity contribution in [1.29, 1.82) is 0 Å². The summed E-state index contributed by atoms with van der Waals surface area (Å²) in [5.41, 5.74) is 0.903. The van der Waals surface area contributed by atoms with Crippen molar-refractivity contribution in [3.63, 3.8) is 0 Å². The van der Waals surface area contributed by atoms with Crippen LogP contribution in [0.4, 0.5) is 0 Å². The van der Waals surface area contributed by atoms with Crippen molar-refractivity contribution in [2.45, 2.75) is 6.92 Å². The van der Waals surface area contributed by atoms with E-state index in [-0.39, 0.29) is 0 Å². The third-order valence-corrected chi connectivity index (χ3v) is 3.24. The van der Waals surface area contributed by atoms with Crippen molar-refractivity contribution >= 4 is 19.3 Å². The van der Waals surface area contributed by atoms with Crippen LogP contribution in [0.1, 0.15) is 5.56 Å². The quantitative estimate of drug-likeness (QED) is 0.652. The van der Waals surface area contributed by atoms with Gasteiger partial charge in [0.15, 0.2) is 0 Å². The maximum absolute atomic E-state index is 10.7. The average Bonchev–Trinajstić information content (AvgIpc) is 1.88. The molecule has 53 valence electrons. The van der Waals surface area contributed by atoms with E-state index >= 15 is 0 Å². The van der Waals surface area contributed by atoms with Gasteiger partial charge in [-0.3, -0.25) is 0 Å². The molecule has 0 fully saturated rings. The molecule has 1 radical (unpaired) electrons. The van der Waals surface area contributed by atoms with Crippen LogP contribution in [-0.2, 0) is 3.74 Å². The first-order valence-corrected chi connectivity index (χ1v) is 5.48. The molecule has 0 aliphatic rings. The summed E-state index contributed by atoms with van der Waals surface area (Å²) < 4.78 is 20.1. The SMILES string of the molecule is Cc1ccccc1[As](=O)O.